The highest BCUT2D eigenvalue weighted by Crippen LogP contribution is 2.11. The van der Waals surface area contributed by atoms with E-state index >= 15 is 0 Å². The van der Waals surface area contributed by atoms with Gasteiger partial charge in [0.15, 0.2) is 0 Å². The van der Waals surface area contributed by atoms with E-state index in [1.807, 2.05) is 0 Å². The maximum absolute atomic E-state index is 11.8. The third-order valence-electron chi connectivity index (χ3n) is 3.26. The molecular weight excluding hydrogens is 266 g/mol. The lowest BCUT2D eigenvalue weighted by molar-refractivity contribution is 0.392. The minimum absolute atomic E-state index is 0.119. The van der Waals surface area contributed by atoms with E-state index in [0.29, 0.717) is 24.1 Å². The van der Waals surface area contributed by atoms with Gasteiger partial charge in [-0.2, -0.15) is 0 Å². The van der Waals surface area contributed by atoms with Crippen molar-refractivity contribution < 1.29 is 12.8 Å². The zero-order valence-electron chi connectivity index (χ0n) is 11.2. The van der Waals surface area contributed by atoms with E-state index in [0.717, 1.165) is 13.0 Å². The molecule has 0 aliphatic carbocycles. The van der Waals surface area contributed by atoms with Crippen molar-refractivity contribution >= 4 is 10.0 Å². The van der Waals surface area contributed by atoms with Crippen LogP contribution in [0.4, 0.5) is 0 Å². The lowest BCUT2D eigenvalue weighted by atomic mass is 10.0. The van der Waals surface area contributed by atoms with E-state index in [-0.39, 0.29) is 12.3 Å². The highest BCUT2D eigenvalue weighted by molar-refractivity contribution is 7.89. The smallest absolute Gasteiger partial charge is 0.212 e. The Morgan fingerprint density at radius 2 is 2.37 bits per heavy atom. The molecule has 19 heavy (non-hydrogen) atoms. The van der Waals surface area contributed by atoms with Crippen LogP contribution >= 0.6 is 0 Å². The lowest BCUT2D eigenvalue weighted by Crippen LogP contribution is -2.37. The fourth-order valence-corrected chi connectivity index (χ4v) is 3.28. The van der Waals surface area contributed by atoms with Crippen LogP contribution in [0.3, 0.4) is 0 Å². The number of rotatable bonds is 6. The van der Waals surface area contributed by atoms with Crippen LogP contribution in [0.15, 0.2) is 10.6 Å². The predicted octanol–water partition coefficient (Wildman–Crippen LogP) is 0.935. The van der Waals surface area contributed by atoms with E-state index in [1.165, 1.54) is 12.8 Å². The van der Waals surface area contributed by atoms with Gasteiger partial charge >= 0.3 is 0 Å². The summed E-state index contributed by atoms with van der Waals surface area (Å²) in [6.45, 7) is 2.89. The molecule has 2 heterocycles. The number of nitrogens with one attached hydrogen (secondary N) is 2. The van der Waals surface area contributed by atoms with Crippen LogP contribution in [0.5, 0.6) is 0 Å². The molecule has 0 saturated carbocycles. The molecule has 1 aromatic rings. The van der Waals surface area contributed by atoms with Gasteiger partial charge in [0, 0.05) is 6.04 Å². The van der Waals surface area contributed by atoms with Crippen molar-refractivity contribution in [2.24, 2.45) is 0 Å². The molecule has 1 fully saturated rings. The van der Waals surface area contributed by atoms with E-state index in [9.17, 15) is 8.42 Å². The van der Waals surface area contributed by atoms with Gasteiger partial charge in [0.05, 0.1) is 18.5 Å². The molecule has 0 bridgehead atoms. The molecule has 0 amide bonds. The van der Waals surface area contributed by atoms with Crippen LogP contribution in [0, 0.1) is 6.92 Å². The summed E-state index contributed by atoms with van der Waals surface area (Å²) in [6.07, 6.45) is 5.66. The van der Waals surface area contributed by atoms with Crippen molar-refractivity contribution in [3.63, 3.8) is 0 Å². The van der Waals surface area contributed by atoms with Crippen molar-refractivity contribution in [3.05, 3.63) is 17.8 Å². The summed E-state index contributed by atoms with van der Waals surface area (Å²) >= 11 is 0. The second-order valence-electron chi connectivity index (χ2n) is 4.94. The maximum atomic E-state index is 11.8. The summed E-state index contributed by atoms with van der Waals surface area (Å²) in [5.41, 5.74) is 0. The van der Waals surface area contributed by atoms with Gasteiger partial charge in [-0.3, -0.25) is 0 Å². The Morgan fingerprint density at radius 1 is 1.53 bits per heavy atom. The average molecular weight is 287 g/mol. The topological polar surface area (TPSA) is 84.2 Å². The third-order valence-corrected chi connectivity index (χ3v) is 4.62. The molecule has 0 radical (unpaired) electrons. The Kier molecular flexibility index (Phi) is 4.95. The highest BCUT2D eigenvalue weighted by Gasteiger charge is 2.17. The number of oxazole rings is 1. The van der Waals surface area contributed by atoms with Gasteiger partial charge in [-0.05, 0) is 32.7 Å². The standard InChI is InChI=1S/C12H21N3O3S/c1-10-8-14-12(18-10)9-15-19(16,17)7-5-11-4-2-3-6-13-11/h8,11,13,15H,2-7,9H2,1H3. The largest absolute Gasteiger partial charge is 0.445 e. The first kappa shape index (κ1) is 14.5. The zero-order valence-corrected chi connectivity index (χ0v) is 12.0. The second-order valence-corrected chi connectivity index (χ2v) is 6.87. The van der Waals surface area contributed by atoms with Crippen LogP contribution in [0.25, 0.3) is 0 Å². The minimum atomic E-state index is -3.26. The number of piperidine rings is 1. The Balaban J connectivity index is 1.75. The number of nitrogens with zero attached hydrogens (tertiary/aromatic N) is 1. The SMILES string of the molecule is Cc1cnc(CNS(=O)(=O)CCC2CCCCN2)o1. The first-order valence-electron chi connectivity index (χ1n) is 6.67. The van der Waals surface area contributed by atoms with E-state index in [1.54, 1.807) is 13.1 Å². The van der Waals surface area contributed by atoms with Gasteiger partial charge in [0.2, 0.25) is 15.9 Å². The summed E-state index contributed by atoms with van der Waals surface area (Å²) in [5, 5.41) is 3.35. The van der Waals surface area contributed by atoms with Crippen LogP contribution < -0.4 is 10.0 Å². The molecule has 2 N–H and O–H groups in total. The molecule has 6 nitrogen and oxygen atoms in total. The number of sulfonamides is 1. The van der Waals surface area contributed by atoms with Gasteiger partial charge in [-0.15, -0.1) is 0 Å². The van der Waals surface area contributed by atoms with Crippen LogP contribution in [-0.2, 0) is 16.6 Å². The Bertz CT molecular complexity index is 492. The van der Waals surface area contributed by atoms with Gasteiger partial charge < -0.3 is 9.73 Å². The molecule has 1 aliphatic heterocycles. The molecule has 108 valence electrons. The number of aryl methyl sites for hydroxylation is 1. The molecule has 1 aromatic heterocycles. The number of hydrogen-bond donors (Lipinski definition) is 2. The quantitative estimate of drug-likeness (QED) is 0.813. The third kappa shape index (κ3) is 4.93. The van der Waals surface area contributed by atoms with E-state index in [4.69, 9.17) is 4.42 Å². The summed E-state index contributed by atoms with van der Waals surface area (Å²) in [5.74, 6) is 1.22. The normalized spacial score (nSPS) is 20.6. The minimum Gasteiger partial charge on any atom is -0.445 e. The summed E-state index contributed by atoms with van der Waals surface area (Å²) < 4.78 is 31.4. The summed E-state index contributed by atoms with van der Waals surface area (Å²) in [6, 6.07) is 0.328. The van der Waals surface area contributed by atoms with Crippen LogP contribution in [-0.4, -0.2) is 31.7 Å². The monoisotopic (exact) mass is 287 g/mol. The molecular formula is C12H21N3O3S. The lowest BCUT2D eigenvalue weighted by Gasteiger charge is -2.23. The molecule has 1 saturated heterocycles. The Morgan fingerprint density at radius 3 is 3.00 bits per heavy atom. The average Bonchev–Trinajstić information content (AvgIpc) is 2.82. The molecule has 0 aromatic carbocycles. The second kappa shape index (κ2) is 6.49. The molecule has 2 rings (SSSR count). The maximum Gasteiger partial charge on any atom is 0.212 e. The Hall–Kier alpha value is -0.920. The van der Waals surface area contributed by atoms with Gasteiger partial charge in [-0.1, -0.05) is 6.42 Å². The summed E-state index contributed by atoms with van der Waals surface area (Å²) in [7, 11) is -3.26. The molecule has 1 aliphatic rings. The Labute approximate surface area is 114 Å². The summed E-state index contributed by atoms with van der Waals surface area (Å²) in [4.78, 5) is 3.96. The van der Waals surface area contributed by atoms with Crippen LogP contribution in [0.2, 0.25) is 0 Å². The number of hydrogen-bond acceptors (Lipinski definition) is 5. The van der Waals surface area contributed by atoms with Crippen molar-refractivity contribution in [2.45, 2.75) is 45.2 Å². The molecule has 1 atom stereocenters. The van der Waals surface area contributed by atoms with Gasteiger partial charge in [0.1, 0.15) is 5.76 Å². The highest BCUT2D eigenvalue weighted by atomic mass is 32.2. The van der Waals surface area contributed by atoms with Crippen molar-refractivity contribution in [3.8, 4) is 0 Å². The predicted molar refractivity (Wildman–Crippen MR) is 72.1 cm³/mol. The fraction of sp³-hybridized carbons (Fsp3) is 0.750. The first-order chi connectivity index (χ1) is 9.05. The fourth-order valence-electron chi connectivity index (χ4n) is 2.19. The molecule has 1 unspecified atom stereocenters. The van der Waals surface area contributed by atoms with Gasteiger partial charge in [-0.25, -0.2) is 18.1 Å². The first-order valence-corrected chi connectivity index (χ1v) is 8.32. The van der Waals surface area contributed by atoms with Crippen LogP contribution in [0.1, 0.15) is 37.3 Å². The molecule has 0 spiro atoms. The van der Waals surface area contributed by atoms with Crippen molar-refractivity contribution in [2.75, 3.05) is 12.3 Å². The van der Waals surface area contributed by atoms with E-state index < -0.39 is 10.0 Å². The van der Waals surface area contributed by atoms with Crippen molar-refractivity contribution in [1.29, 1.82) is 0 Å². The van der Waals surface area contributed by atoms with Crippen molar-refractivity contribution in [1.82, 2.24) is 15.0 Å². The van der Waals surface area contributed by atoms with E-state index in [2.05, 4.69) is 15.0 Å². The number of aromatic nitrogens is 1. The van der Waals surface area contributed by atoms with Gasteiger partial charge in [0.25, 0.3) is 0 Å². The molecule has 7 heteroatoms. The zero-order chi connectivity index (χ0) is 13.7.